The van der Waals surface area contributed by atoms with Gasteiger partial charge in [-0.05, 0) is 97.3 Å². The maximum atomic E-state index is 6.42. The first-order valence-corrected chi connectivity index (χ1v) is 15.8. The van der Waals surface area contributed by atoms with Crippen molar-refractivity contribution in [3.05, 3.63) is 125 Å². The van der Waals surface area contributed by atoms with Crippen LogP contribution in [-0.4, -0.2) is 26.4 Å². The molecule has 3 aromatic heterocycles. The van der Waals surface area contributed by atoms with Crippen molar-refractivity contribution in [3.8, 4) is 39.9 Å². The summed E-state index contributed by atoms with van der Waals surface area (Å²) in [4.78, 5) is 4.69. The van der Waals surface area contributed by atoms with Crippen molar-refractivity contribution in [3.63, 3.8) is 0 Å². The minimum absolute atomic E-state index is 0. The summed E-state index contributed by atoms with van der Waals surface area (Å²) >= 11 is 0. The molecule has 6 nitrogen and oxygen atoms in total. The Bertz CT molecular complexity index is 2220. The quantitative estimate of drug-likeness (QED) is 0.144. The fraction of sp³-hybridized carbons (Fsp3) is 0.200. The van der Waals surface area contributed by atoms with Crippen LogP contribution in [0.1, 0.15) is 41.9 Å². The smallest absolute Gasteiger partial charge is 0.509 e. The van der Waals surface area contributed by atoms with E-state index in [0.717, 1.165) is 74.4 Å². The van der Waals surface area contributed by atoms with Gasteiger partial charge in [0, 0.05) is 34.5 Å². The summed E-state index contributed by atoms with van der Waals surface area (Å²) in [6, 6.07) is 33.7. The molecule has 7 heteroatoms. The van der Waals surface area contributed by atoms with Gasteiger partial charge in [-0.25, -0.2) is 4.98 Å². The number of fused-ring (bicyclic) bond motifs is 3. The summed E-state index contributed by atoms with van der Waals surface area (Å²) in [6.07, 6.45) is 3.65. The molecule has 7 rings (SSSR count). The molecule has 0 saturated carbocycles. The largest absolute Gasteiger partial charge is 2.00 e. The molecular weight excluding hydrogens is 764 g/mol. The van der Waals surface area contributed by atoms with Gasteiger partial charge in [0.25, 0.3) is 0 Å². The van der Waals surface area contributed by atoms with Crippen molar-refractivity contribution in [1.29, 1.82) is 0 Å². The van der Waals surface area contributed by atoms with E-state index in [-0.39, 0.29) is 21.1 Å². The van der Waals surface area contributed by atoms with Crippen molar-refractivity contribution in [2.75, 3.05) is 7.11 Å². The number of benzene rings is 4. The van der Waals surface area contributed by atoms with E-state index in [4.69, 9.17) is 19.6 Å². The second-order valence-electron chi connectivity index (χ2n) is 11.6. The Morgan fingerprint density at radius 2 is 1.51 bits per heavy atom. The molecule has 238 valence electrons. The first-order valence-electron chi connectivity index (χ1n) is 15.8. The van der Waals surface area contributed by atoms with Gasteiger partial charge in [-0.15, -0.1) is 35.7 Å². The van der Waals surface area contributed by atoms with Crippen LogP contribution in [0.3, 0.4) is 0 Å². The van der Waals surface area contributed by atoms with Gasteiger partial charge in [0.05, 0.1) is 12.8 Å². The molecule has 0 amide bonds. The van der Waals surface area contributed by atoms with Gasteiger partial charge < -0.3 is 14.0 Å². The summed E-state index contributed by atoms with van der Waals surface area (Å²) in [6.45, 7) is 10.7. The monoisotopic (exact) mass is 799 g/mol. The molecule has 0 atom stereocenters. The Labute approximate surface area is 290 Å². The SMILES string of the molecule is CCc1cc(OC)cc(CC)c1-c1c(C)nn(-c2[c-]c(Oc3[c-]c4c(cc3)c3ccccc3n4-c3cc(C)ccn3)ccc2)c1C.[Pt+2]. The van der Waals surface area contributed by atoms with Crippen LogP contribution in [0.4, 0.5) is 0 Å². The van der Waals surface area contributed by atoms with Crippen molar-refractivity contribution < 1.29 is 30.5 Å². The van der Waals surface area contributed by atoms with Gasteiger partial charge in [-0.3, -0.25) is 4.68 Å². The minimum atomic E-state index is 0. The molecule has 0 spiro atoms. The average Bonchev–Trinajstić information content (AvgIpc) is 3.56. The van der Waals surface area contributed by atoms with E-state index in [0.29, 0.717) is 11.5 Å². The molecule has 0 aliphatic carbocycles. The predicted molar refractivity (Wildman–Crippen MR) is 185 cm³/mol. The summed E-state index contributed by atoms with van der Waals surface area (Å²) in [5.74, 6) is 2.93. The van der Waals surface area contributed by atoms with Crippen molar-refractivity contribution in [1.82, 2.24) is 19.3 Å². The van der Waals surface area contributed by atoms with Crippen LogP contribution < -0.4 is 9.47 Å². The van der Waals surface area contributed by atoms with Crippen LogP contribution in [0.15, 0.2) is 85.1 Å². The molecule has 0 fully saturated rings. The average molecular weight is 800 g/mol. The van der Waals surface area contributed by atoms with E-state index in [2.05, 4.69) is 99.8 Å². The van der Waals surface area contributed by atoms with Crippen molar-refractivity contribution in [2.45, 2.75) is 47.5 Å². The first-order chi connectivity index (χ1) is 22.4. The van der Waals surface area contributed by atoms with Crippen molar-refractivity contribution in [2.24, 2.45) is 0 Å². The number of nitrogens with zero attached hydrogens (tertiary/aromatic N) is 4. The maximum Gasteiger partial charge on any atom is 2.00 e. The minimum Gasteiger partial charge on any atom is -0.509 e. The summed E-state index contributed by atoms with van der Waals surface area (Å²) in [5.41, 5.74) is 10.9. The third kappa shape index (κ3) is 5.76. The molecule has 0 unspecified atom stereocenters. The zero-order chi connectivity index (χ0) is 31.9. The Hall–Kier alpha value is -4.67. The summed E-state index contributed by atoms with van der Waals surface area (Å²) < 4.78 is 16.1. The molecule has 7 aromatic rings. The second-order valence-corrected chi connectivity index (χ2v) is 11.6. The molecule has 4 aromatic carbocycles. The van der Waals surface area contributed by atoms with E-state index in [1.807, 2.05) is 41.2 Å². The van der Waals surface area contributed by atoms with Gasteiger partial charge >= 0.3 is 21.1 Å². The van der Waals surface area contributed by atoms with Crippen LogP contribution >= 0.6 is 0 Å². The van der Waals surface area contributed by atoms with Crippen LogP contribution in [-0.2, 0) is 33.9 Å². The van der Waals surface area contributed by atoms with Gasteiger partial charge in [0.15, 0.2) is 0 Å². The van der Waals surface area contributed by atoms with Gasteiger partial charge in [-0.2, -0.15) is 17.2 Å². The summed E-state index contributed by atoms with van der Waals surface area (Å²) in [7, 11) is 1.73. The van der Waals surface area contributed by atoms with E-state index in [9.17, 15) is 0 Å². The van der Waals surface area contributed by atoms with Crippen LogP contribution in [0, 0.1) is 32.9 Å². The number of aryl methyl sites for hydroxylation is 4. The second kappa shape index (κ2) is 13.2. The number of pyridine rings is 1. The Morgan fingerprint density at radius 3 is 2.23 bits per heavy atom. The summed E-state index contributed by atoms with van der Waals surface area (Å²) in [5, 5.41) is 7.23. The van der Waals surface area contributed by atoms with E-state index < -0.39 is 0 Å². The Balaban J connectivity index is 0.00000386. The third-order valence-electron chi connectivity index (χ3n) is 8.70. The molecule has 0 aliphatic heterocycles. The number of hydrogen-bond acceptors (Lipinski definition) is 4. The van der Waals surface area contributed by atoms with Crippen molar-refractivity contribution >= 4 is 21.8 Å². The number of ether oxygens (including phenoxy) is 2. The zero-order valence-corrected chi connectivity index (χ0v) is 29.7. The molecule has 3 heterocycles. The normalized spacial score (nSPS) is 11.2. The fourth-order valence-corrected chi connectivity index (χ4v) is 6.52. The number of aromatic nitrogens is 4. The molecule has 0 N–H and O–H groups in total. The van der Waals surface area contributed by atoms with Gasteiger partial charge in [-0.1, -0.05) is 37.6 Å². The van der Waals surface area contributed by atoms with Crippen LogP contribution in [0.5, 0.6) is 17.2 Å². The molecular formula is C40H36N4O2Pt. The number of methoxy groups -OCH3 is 1. The van der Waals surface area contributed by atoms with Gasteiger partial charge in [0.1, 0.15) is 11.6 Å². The number of rotatable bonds is 8. The molecule has 47 heavy (non-hydrogen) atoms. The zero-order valence-electron chi connectivity index (χ0n) is 27.4. The Kier molecular flexibility index (Phi) is 9.07. The number of hydrogen-bond donors (Lipinski definition) is 0. The van der Waals surface area contributed by atoms with E-state index in [1.165, 1.54) is 16.7 Å². The third-order valence-corrected chi connectivity index (χ3v) is 8.70. The predicted octanol–water partition coefficient (Wildman–Crippen LogP) is 9.48. The standard InChI is InChI=1S/C40H36N4O2.Pt/c1-7-28-21-33(45-6)22-29(8-2)40(28)39-26(4)42-44(27(39)5)30-12-11-13-31(23-30)46-32-16-17-35-34-14-9-10-15-36(34)43(37(35)24-32)38-20-25(3)18-19-41-38;/h9-22H,7-8H2,1-6H3;/q-2;+2. The van der Waals surface area contributed by atoms with Crippen LogP contribution in [0.25, 0.3) is 44.4 Å². The molecule has 0 saturated heterocycles. The Morgan fingerprint density at radius 1 is 0.766 bits per heavy atom. The maximum absolute atomic E-state index is 6.42. The van der Waals surface area contributed by atoms with E-state index in [1.54, 1.807) is 7.11 Å². The molecule has 0 bridgehead atoms. The van der Waals surface area contributed by atoms with Gasteiger partial charge in [0.2, 0.25) is 0 Å². The van der Waals surface area contributed by atoms with Crippen LogP contribution in [0.2, 0.25) is 0 Å². The first kappa shape index (κ1) is 32.3. The van der Waals surface area contributed by atoms with E-state index >= 15 is 0 Å². The molecule has 0 aliphatic rings. The fourth-order valence-electron chi connectivity index (χ4n) is 6.52. The molecule has 0 radical (unpaired) electrons. The number of para-hydroxylation sites is 1. The topological polar surface area (TPSA) is 54.1 Å².